The quantitative estimate of drug-likeness (QED) is 0.748. The molecule has 23 heavy (non-hydrogen) atoms. The number of hydrogen-bond donors (Lipinski definition) is 1. The molecule has 7 heteroatoms. The summed E-state index contributed by atoms with van der Waals surface area (Å²) in [6.07, 6.45) is 5.05. The first kappa shape index (κ1) is 16.4. The summed E-state index contributed by atoms with van der Waals surface area (Å²) in [6, 6.07) is 0. The maximum atomic E-state index is 12.6. The molecule has 3 heterocycles. The Morgan fingerprint density at radius 3 is 3.13 bits per heavy atom. The third kappa shape index (κ3) is 3.91. The first-order chi connectivity index (χ1) is 11.2. The lowest BCUT2D eigenvalue weighted by molar-refractivity contribution is -0.131. The zero-order chi connectivity index (χ0) is 16.2. The summed E-state index contributed by atoms with van der Waals surface area (Å²) in [4.78, 5) is 14.9. The maximum Gasteiger partial charge on any atom is 0.224 e. The molecule has 2 aliphatic rings. The Kier molecular flexibility index (Phi) is 5.30. The Bertz CT molecular complexity index is 533. The molecule has 3 atom stereocenters. The normalized spacial score (nSPS) is 27.8. The van der Waals surface area contributed by atoms with Gasteiger partial charge in [0.05, 0.1) is 24.8 Å². The van der Waals surface area contributed by atoms with Crippen molar-refractivity contribution in [3.63, 3.8) is 0 Å². The minimum absolute atomic E-state index is 0.00947. The predicted molar refractivity (Wildman–Crippen MR) is 84.7 cm³/mol. The van der Waals surface area contributed by atoms with Crippen LogP contribution in [0.25, 0.3) is 0 Å². The fourth-order valence-corrected chi connectivity index (χ4v) is 3.68. The SMILES string of the molecule is COCCNC(=O)[C@@H]1CN(Cc2cnn(C)c2)C[C@@H]2OCC[C@@H]21. The number of hydrogen-bond acceptors (Lipinski definition) is 5. The van der Waals surface area contributed by atoms with Crippen molar-refractivity contribution in [3.8, 4) is 0 Å². The summed E-state index contributed by atoms with van der Waals surface area (Å²) in [7, 11) is 3.56. The van der Waals surface area contributed by atoms with E-state index in [-0.39, 0.29) is 17.9 Å². The van der Waals surface area contributed by atoms with E-state index in [1.54, 1.807) is 7.11 Å². The van der Waals surface area contributed by atoms with E-state index >= 15 is 0 Å². The van der Waals surface area contributed by atoms with Gasteiger partial charge in [0.25, 0.3) is 0 Å². The Morgan fingerprint density at radius 2 is 2.39 bits per heavy atom. The predicted octanol–water partition coefficient (Wildman–Crippen LogP) is 0.0196. The first-order valence-corrected chi connectivity index (χ1v) is 8.25. The molecular formula is C16H26N4O3. The van der Waals surface area contributed by atoms with Crippen LogP contribution in [0.3, 0.4) is 0 Å². The van der Waals surface area contributed by atoms with Crippen LogP contribution in [0, 0.1) is 11.8 Å². The highest BCUT2D eigenvalue weighted by Crippen LogP contribution is 2.34. The maximum absolute atomic E-state index is 12.6. The van der Waals surface area contributed by atoms with Crippen molar-refractivity contribution in [1.29, 1.82) is 0 Å². The number of amides is 1. The molecule has 1 amide bonds. The summed E-state index contributed by atoms with van der Waals surface area (Å²) in [5.41, 5.74) is 1.17. The number of fused-ring (bicyclic) bond motifs is 1. The van der Waals surface area contributed by atoms with Gasteiger partial charge in [-0.05, 0) is 6.42 Å². The molecule has 1 N–H and O–H groups in total. The van der Waals surface area contributed by atoms with E-state index in [1.165, 1.54) is 5.56 Å². The average molecular weight is 322 g/mol. The van der Waals surface area contributed by atoms with Crippen LogP contribution in [-0.4, -0.2) is 66.6 Å². The van der Waals surface area contributed by atoms with Gasteiger partial charge in [0.1, 0.15) is 0 Å². The molecule has 0 aliphatic carbocycles. The van der Waals surface area contributed by atoms with Gasteiger partial charge in [-0.25, -0.2) is 0 Å². The van der Waals surface area contributed by atoms with E-state index < -0.39 is 0 Å². The highest BCUT2D eigenvalue weighted by molar-refractivity contribution is 5.79. The second-order valence-corrected chi connectivity index (χ2v) is 6.47. The largest absolute Gasteiger partial charge is 0.383 e. The third-order valence-electron chi connectivity index (χ3n) is 4.78. The summed E-state index contributed by atoms with van der Waals surface area (Å²) >= 11 is 0. The lowest BCUT2D eigenvalue weighted by Gasteiger charge is -2.39. The number of nitrogens with one attached hydrogen (secondary N) is 1. The number of aromatic nitrogens is 2. The van der Waals surface area contributed by atoms with Crippen molar-refractivity contribution in [1.82, 2.24) is 20.0 Å². The molecule has 2 saturated heterocycles. The van der Waals surface area contributed by atoms with Crippen LogP contribution in [0.5, 0.6) is 0 Å². The van der Waals surface area contributed by atoms with Crippen LogP contribution in [0.2, 0.25) is 0 Å². The number of ether oxygens (including phenoxy) is 2. The number of aryl methyl sites for hydroxylation is 1. The number of rotatable bonds is 6. The summed E-state index contributed by atoms with van der Waals surface area (Å²) < 4.78 is 12.7. The van der Waals surface area contributed by atoms with E-state index in [0.717, 1.165) is 32.7 Å². The van der Waals surface area contributed by atoms with Crippen LogP contribution < -0.4 is 5.32 Å². The summed E-state index contributed by atoms with van der Waals surface area (Å²) in [5, 5.41) is 7.21. The lowest BCUT2D eigenvalue weighted by atomic mass is 9.82. The Morgan fingerprint density at radius 1 is 1.52 bits per heavy atom. The van der Waals surface area contributed by atoms with Crippen molar-refractivity contribution < 1.29 is 14.3 Å². The van der Waals surface area contributed by atoms with E-state index in [1.807, 2.05) is 24.1 Å². The second-order valence-electron chi connectivity index (χ2n) is 6.47. The van der Waals surface area contributed by atoms with Crippen LogP contribution in [0.15, 0.2) is 12.4 Å². The minimum atomic E-state index is -0.00947. The van der Waals surface area contributed by atoms with Gasteiger partial charge < -0.3 is 14.8 Å². The van der Waals surface area contributed by atoms with Crippen molar-refractivity contribution >= 4 is 5.91 Å². The van der Waals surface area contributed by atoms with Gasteiger partial charge in [0.2, 0.25) is 5.91 Å². The van der Waals surface area contributed by atoms with E-state index in [0.29, 0.717) is 19.1 Å². The van der Waals surface area contributed by atoms with Crippen molar-refractivity contribution in [2.75, 3.05) is 40.0 Å². The zero-order valence-corrected chi connectivity index (χ0v) is 13.9. The molecule has 0 bridgehead atoms. The molecule has 128 valence electrons. The number of carbonyl (C=O) groups excluding carboxylic acids is 1. The van der Waals surface area contributed by atoms with Gasteiger partial charge in [-0.15, -0.1) is 0 Å². The Hall–Kier alpha value is -1.44. The molecule has 0 aromatic carbocycles. The van der Waals surface area contributed by atoms with Crippen LogP contribution in [-0.2, 0) is 27.9 Å². The van der Waals surface area contributed by atoms with Gasteiger partial charge in [-0.2, -0.15) is 5.10 Å². The first-order valence-electron chi connectivity index (χ1n) is 8.25. The molecule has 1 aromatic heterocycles. The lowest BCUT2D eigenvalue weighted by Crippen LogP contribution is -2.52. The molecular weight excluding hydrogens is 296 g/mol. The van der Waals surface area contributed by atoms with Crippen LogP contribution in [0.1, 0.15) is 12.0 Å². The molecule has 0 saturated carbocycles. The van der Waals surface area contributed by atoms with Gasteiger partial charge in [0.15, 0.2) is 0 Å². The highest BCUT2D eigenvalue weighted by Gasteiger charge is 2.43. The molecule has 2 fully saturated rings. The van der Waals surface area contributed by atoms with Gasteiger partial charge in [0, 0.05) is 64.6 Å². The molecule has 0 radical (unpaired) electrons. The minimum Gasteiger partial charge on any atom is -0.383 e. The van der Waals surface area contributed by atoms with E-state index in [4.69, 9.17) is 9.47 Å². The van der Waals surface area contributed by atoms with Gasteiger partial charge in [-0.3, -0.25) is 14.4 Å². The summed E-state index contributed by atoms with van der Waals surface area (Å²) in [5.74, 6) is 0.450. The number of nitrogens with zero attached hydrogens (tertiary/aromatic N) is 3. The van der Waals surface area contributed by atoms with Crippen LogP contribution >= 0.6 is 0 Å². The topological polar surface area (TPSA) is 68.6 Å². The molecule has 3 rings (SSSR count). The number of methoxy groups -OCH3 is 1. The molecule has 7 nitrogen and oxygen atoms in total. The third-order valence-corrected chi connectivity index (χ3v) is 4.78. The van der Waals surface area contributed by atoms with Crippen molar-refractivity contribution in [2.45, 2.75) is 19.1 Å². The smallest absolute Gasteiger partial charge is 0.224 e. The molecule has 1 aromatic rings. The molecule has 0 unspecified atom stereocenters. The van der Waals surface area contributed by atoms with Crippen LogP contribution in [0.4, 0.5) is 0 Å². The van der Waals surface area contributed by atoms with Crippen molar-refractivity contribution in [3.05, 3.63) is 18.0 Å². The highest BCUT2D eigenvalue weighted by atomic mass is 16.5. The summed E-state index contributed by atoms with van der Waals surface area (Å²) in [6.45, 7) is 4.34. The number of likely N-dealkylation sites (tertiary alicyclic amines) is 1. The Balaban J connectivity index is 1.63. The number of piperidine rings is 1. The zero-order valence-electron chi connectivity index (χ0n) is 13.9. The van der Waals surface area contributed by atoms with Gasteiger partial charge >= 0.3 is 0 Å². The molecule has 0 spiro atoms. The van der Waals surface area contributed by atoms with E-state index in [9.17, 15) is 4.79 Å². The second kappa shape index (κ2) is 7.42. The monoisotopic (exact) mass is 322 g/mol. The molecule has 2 aliphatic heterocycles. The standard InChI is InChI=1S/C16H26N4O3/c1-19-8-12(7-18-19)9-20-10-14(16(21)17-4-6-22-2)13-3-5-23-15(13)11-20/h7-8,13-15H,3-6,9-11H2,1-2H3,(H,17,21)/t13-,14-,15+/m1/s1. The van der Waals surface area contributed by atoms with Crippen molar-refractivity contribution in [2.24, 2.45) is 18.9 Å². The van der Waals surface area contributed by atoms with E-state index in [2.05, 4.69) is 15.3 Å². The fraction of sp³-hybridized carbons (Fsp3) is 0.750. The Labute approximate surface area is 136 Å². The number of carbonyl (C=O) groups is 1. The average Bonchev–Trinajstić information content (AvgIpc) is 3.15. The van der Waals surface area contributed by atoms with Gasteiger partial charge in [-0.1, -0.05) is 0 Å². The fourth-order valence-electron chi connectivity index (χ4n) is 3.68.